The van der Waals surface area contributed by atoms with Crippen molar-refractivity contribution in [2.24, 2.45) is 5.73 Å². The number of hydrogen-bond donors (Lipinski definition) is 3. The van der Waals surface area contributed by atoms with E-state index in [0.29, 0.717) is 39.4 Å². The van der Waals surface area contributed by atoms with Crippen molar-refractivity contribution < 1.29 is 19.4 Å². The molecule has 0 unspecified atom stereocenters. The van der Waals surface area contributed by atoms with Crippen molar-refractivity contribution in [3.05, 3.63) is 0 Å². The topological polar surface area (TPSA) is 108 Å². The van der Waals surface area contributed by atoms with Gasteiger partial charge >= 0.3 is 0 Å². The van der Waals surface area contributed by atoms with Gasteiger partial charge in [-0.2, -0.15) is 0 Å². The summed E-state index contributed by atoms with van der Waals surface area (Å²) in [6, 6.07) is -0.992. The highest BCUT2D eigenvalue weighted by atomic mass is 32.2. The molecule has 0 radical (unpaired) electrons. The highest BCUT2D eigenvalue weighted by Crippen LogP contribution is 2.39. The molecule has 2 atom stereocenters. The molecule has 24 heavy (non-hydrogen) atoms. The lowest BCUT2D eigenvalue weighted by Crippen LogP contribution is -2.57. The van der Waals surface area contributed by atoms with E-state index >= 15 is 0 Å². The average molecular weight is 358 g/mol. The maximum atomic E-state index is 12.6. The number of hydrogen-bond acceptors (Lipinski definition) is 7. The molecule has 3 heterocycles. The molecule has 0 bridgehead atoms. The van der Waals surface area contributed by atoms with Crippen molar-refractivity contribution in [2.75, 3.05) is 51.8 Å². The molecule has 3 aliphatic heterocycles. The Kier molecular flexibility index (Phi) is 5.66. The summed E-state index contributed by atoms with van der Waals surface area (Å²) in [6.45, 7) is 3.42. The van der Waals surface area contributed by atoms with E-state index in [9.17, 15) is 9.59 Å². The number of aliphatic hydroxyl groups excluding tert-OH is 1. The van der Waals surface area contributed by atoms with Crippen LogP contribution in [0.25, 0.3) is 0 Å². The standard InChI is InChI=1S/C15H26N4O4S/c16-11(9-20)13(21)18-3-1-15(2-4-18)17-12(10-24-15)14(22)19-5-7-23-8-6-19/h11-12,17,20H,1-10,16H2/t11-,12-/m0/s1. The van der Waals surface area contributed by atoms with Crippen molar-refractivity contribution in [1.82, 2.24) is 15.1 Å². The summed E-state index contributed by atoms with van der Waals surface area (Å²) in [7, 11) is 0. The Labute approximate surface area is 146 Å². The summed E-state index contributed by atoms with van der Waals surface area (Å²) in [5, 5.41) is 12.5. The highest BCUT2D eigenvalue weighted by Gasteiger charge is 2.45. The predicted molar refractivity (Wildman–Crippen MR) is 90.4 cm³/mol. The Morgan fingerprint density at radius 3 is 2.54 bits per heavy atom. The van der Waals surface area contributed by atoms with Crippen molar-refractivity contribution in [1.29, 1.82) is 0 Å². The third kappa shape index (κ3) is 3.70. The van der Waals surface area contributed by atoms with E-state index in [1.165, 1.54) is 0 Å². The minimum atomic E-state index is -0.834. The number of thioether (sulfide) groups is 1. The van der Waals surface area contributed by atoms with E-state index < -0.39 is 6.04 Å². The van der Waals surface area contributed by atoms with Crippen molar-refractivity contribution in [3.63, 3.8) is 0 Å². The molecule has 3 fully saturated rings. The Morgan fingerprint density at radius 2 is 1.92 bits per heavy atom. The molecule has 136 valence electrons. The first-order chi connectivity index (χ1) is 11.5. The maximum Gasteiger partial charge on any atom is 0.241 e. The van der Waals surface area contributed by atoms with Gasteiger partial charge in [0.25, 0.3) is 0 Å². The van der Waals surface area contributed by atoms with E-state index in [1.807, 2.05) is 4.90 Å². The smallest absolute Gasteiger partial charge is 0.241 e. The number of nitrogens with zero attached hydrogens (tertiary/aromatic N) is 2. The minimum absolute atomic E-state index is 0.132. The average Bonchev–Trinajstić information content (AvgIpc) is 3.05. The number of aliphatic hydroxyl groups is 1. The second-order valence-electron chi connectivity index (χ2n) is 6.55. The van der Waals surface area contributed by atoms with Gasteiger partial charge in [-0.15, -0.1) is 11.8 Å². The first-order valence-corrected chi connectivity index (χ1v) is 9.47. The van der Waals surface area contributed by atoms with Crippen LogP contribution < -0.4 is 11.1 Å². The van der Waals surface area contributed by atoms with E-state index in [2.05, 4.69) is 5.32 Å². The highest BCUT2D eigenvalue weighted by molar-refractivity contribution is 8.01. The lowest BCUT2D eigenvalue weighted by atomic mass is 10.0. The number of likely N-dealkylation sites (tertiary alicyclic amines) is 1. The van der Waals surface area contributed by atoms with Crippen LogP contribution in [-0.2, 0) is 14.3 Å². The summed E-state index contributed by atoms with van der Waals surface area (Å²) in [5.74, 6) is 0.722. The lowest BCUT2D eigenvalue weighted by Gasteiger charge is -2.40. The number of carbonyl (C=O) groups is 2. The minimum Gasteiger partial charge on any atom is -0.394 e. The van der Waals surface area contributed by atoms with Crippen LogP contribution in [0.2, 0.25) is 0 Å². The van der Waals surface area contributed by atoms with Crippen LogP contribution >= 0.6 is 11.8 Å². The molecule has 3 saturated heterocycles. The van der Waals surface area contributed by atoms with Crippen LogP contribution in [0.1, 0.15) is 12.8 Å². The van der Waals surface area contributed by atoms with E-state index in [-0.39, 0.29) is 29.3 Å². The third-order valence-corrected chi connectivity index (χ3v) is 6.56. The van der Waals surface area contributed by atoms with Crippen molar-refractivity contribution >= 4 is 23.6 Å². The van der Waals surface area contributed by atoms with Crippen molar-refractivity contribution in [3.8, 4) is 0 Å². The zero-order valence-electron chi connectivity index (χ0n) is 13.8. The van der Waals surface area contributed by atoms with Gasteiger partial charge in [-0.25, -0.2) is 0 Å². The third-order valence-electron chi connectivity index (χ3n) is 4.98. The number of ether oxygens (including phenoxy) is 1. The zero-order chi connectivity index (χ0) is 17.2. The Morgan fingerprint density at radius 1 is 1.25 bits per heavy atom. The number of amides is 2. The van der Waals surface area contributed by atoms with Crippen LogP contribution in [0.4, 0.5) is 0 Å². The molecule has 3 aliphatic rings. The molecular formula is C15H26N4O4S. The molecule has 0 aromatic carbocycles. The predicted octanol–water partition coefficient (Wildman–Crippen LogP) is -1.81. The van der Waals surface area contributed by atoms with Gasteiger partial charge in [0, 0.05) is 31.9 Å². The molecule has 3 rings (SSSR count). The largest absolute Gasteiger partial charge is 0.394 e. The normalized spacial score (nSPS) is 28.2. The van der Waals surface area contributed by atoms with Crippen molar-refractivity contribution in [2.45, 2.75) is 29.8 Å². The van der Waals surface area contributed by atoms with E-state index in [0.717, 1.165) is 18.6 Å². The molecule has 0 aromatic rings. The molecule has 8 nitrogen and oxygen atoms in total. The van der Waals surface area contributed by atoms with Crippen LogP contribution in [0.15, 0.2) is 0 Å². The Bertz CT molecular complexity index is 478. The SMILES string of the molecule is N[C@@H](CO)C(=O)N1CCC2(CC1)N[C@H](C(=O)N1CCOCC1)CS2. The first-order valence-electron chi connectivity index (χ1n) is 8.48. The van der Waals surface area contributed by atoms with Gasteiger partial charge in [0.2, 0.25) is 11.8 Å². The number of nitrogens with one attached hydrogen (secondary N) is 1. The van der Waals surface area contributed by atoms with Gasteiger partial charge in [0.05, 0.1) is 30.7 Å². The fourth-order valence-corrected chi connectivity index (χ4v) is 4.88. The Hall–Kier alpha value is -0.870. The van der Waals surface area contributed by atoms with Crippen LogP contribution in [-0.4, -0.2) is 95.4 Å². The van der Waals surface area contributed by atoms with E-state index in [4.69, 9.17) is 15.6 Å². The van der Waals surface area contributed by atoms with Gasteiger partial charge in [0.15, 0.2) is 0 Å². The van der Waals surface area contributed by atoms with Gasteiger partial charge in [-0.3, -0.25) is 14.9 Å². The monoisotopic (exact) mass is 358 g/mol. The quantitative estimate of drug-likeness (QED) is 0.546. The van der Waals surface area contributed by atoms with Gasteiger partial charge < -0.3 is 25.4 Å². The molecule has 2 amide bonds. The number of piperidine rings is 1. The van der Waals surface area contributed by atoms with Crippen LogP contribution in [0, 0.1) is 0 Å². The van der Waals surface area contributed by atoms with E-state index in [1.54, 1.807) is 16.7 Å². The number of morpholine rings is 1. The Balaban J connectivity index is 1.52. The van der Waals surface area contributed by atoms with Gasteiger partial charge in [-0.05, 0) is 12.8 Å². The molecule has 1 spiro atoms. The fourth-order valence-electron chi connectivity index (χ4n) is 3.47. The summed E-state index contributed by atoms with van der Waals surface area (Å²) in [4.78, 5) is 28.1. The molecule has 0 aromatic heterocycles. The number of rotatable bonds is 3. The van der Waals surface area contributed by atoms with Crippen LogP contribution in [0.5, 0.6) is 0 Å². The molecule has 4 N–H and O–H groups in total. The summed E-state index contributed by atoms with van der Waals surface area (Å²) >= 11 is 1.79. The maximum absolute atomic E-state index is 12.6. The second-order valence-corrected chi connectivity index (χ2v) is 7.96. The summed E-state index contributed by atoms with van der Waals surface area (Å²) < 4.78 is 5.30. The summed E-state index contributed by atoms with van der Waals surface area (Å²) in [5.41, 5.74) is 5.61. The molecular weight excluding hydrogens is 332 g/mol. The first kappa shape index (κ1) is 17.9. The number of carbonyl (C=O) groups excluding carboxylic acids is 2. The van der Waals surface area contributed by atoms with Gasteiger partial charge in [-0.1, -0.05) is 0 Å². The molecule has 0 aliphatic carbocycles. The fraction of sp³-hybridized carbons (Fsp3) is 0.867. The molecule has 0 saturated carbocycles. The zero-order valence-corrected chi connectivity index (χ0v) is 14.6. The second kappa shape index (κ2) is 7.57. The summed E-state index contributed by atoms with van der Waals surface area (Å²) in [6.07, 6.45) is 1.57. The lowest BCUT2D eigenvalue weighted by molar-refractivity contribution is -0.138. The van der Waals surface area contributed by atoms with Crippen LogP contribution in [0.3, 0.4) is 0 Å². The number of nitrogens with two attached hydrogens (primary N) is 1. The van der Waals surface area contributed by atoms with Gasteiger partial charge in [0.1, 0.15) is 6.04 Å². The molecule has 9 heteroatoms.